The van der Waals surface area contributed by atoms with Gasteiger partial charge in [-0.2, -0.15) is 43.5 Å². The fourth-order valence-corrected chi connectivity index (χ4v) is 1.92. The largest absolute Gasteiger partial charge is 0.421 e. The number of halogens is 10. The molecule has 158 valence electrons. The zero-order chi connectivity index (χ0) is 21.0. The summed E-state index contributed by atoms with van der Waals surface area (Å²) < 4.78 is 160. The van der Waals surface area contributed by atoms with Gasteiger partial charge in [0, 0.05) is 13.2 Å². The molecule has 0 spiro atoms. The first-order chi connectivity index (χ1) is 11.4. The topological polar surface area (TPSA) is 72.8 Å². The lowest BCUT2D eigenvalue weighted by molar-refractivity contribution is -0.265. The van der Waals surface area contributed by atoms with Gasteiger partial charge in [0.15, 0.2) is 0 Å². The van der Waals surface area contributed by atoms with E-state index in [1.165, 1.54) is 0 Å². The Kier molecular flexibility index (Phi) is 8.58. The maximum absolute atomic E-state index is 13.1. The standard InChI is InChI=1S/C10H12F10O5S/c11-6(12)5(8(13,14)15)24-3-1-2-4-25-7(9(16,17)18)10(19,20)26(21,22)23/h5-7H,1-4H2,(H,21,22,23). The second kappa shape index (κ2) is 8.88. The fourth-order valence-electron chi connectivity index (χ4n) is 1.44. The molecule has 26 heavy (non-hydrogen) atoms. The van der Waals surface area contributed by atoms with E-state index in [1.54, 1.807) is 0 Å². The van der Waals surface area contributed by atoms with E-state index in [0.29, 0.717) is 0 Å². The predicted molar refractivity (Wildman–Crippen MR) is 63.3 cm³/mol. The molecule has 0 aromatic carbocycles. The normalized spacial score (nSPS) is 16.8. The number of alkyl halides is 10. The monoisotopic (exact) mass is 434 g/mol. The van der Waals surface area contributed by atoms with E-state index in [9.17, 15) is 52.3 Å². The van der Waals surface area contributed by atoms with Gasteiger partial charge in [-0.1, -0.05) is 0 Å². The Morgan fingerprint density at radius 2 is 1.23 bits per heavy atom. The Hall–Kier alpha value is -0.870. The zero-order valence-corrected chi connectivity index (χ0v) is 13.1. The minimum atomic E-state index is -6.48. The smallest absolute Gasteiger partial charge is 0.363 e. The molecular weight excluding hydrogens is 422 g/mol. The van der Waals surface area contributed by atoms with Crippen LogP contribution in [0, 0.1) is 0 Å². The van der Waals surface area contributed by atoms with Gasteiger partial charge < -0.3 is 9.47 Å². The molecule has 0 bridgehead atoms. The van der Waals surface area contributed by atoms with Crippen LogP contribution in [0.1, 0.15) is 12.8 Å². The summed E-state index contributed by atoms with van der Waals surface area (Å²) in [5, 5.41) is -5.74. The van der Waals surface area contributed by atoms with Crippen LogP contribution in [-0.4, -0.2) is 62.4 Å². The molecule has 0 amide bonds. The van der Waals surface area contributed by atoms with Crippen molar-refractivity contribution >= 4 is 10.1 Å². The van der Waals surface area contributed by atoms with E-state index in [0.717, 1.165) is 0 Å². The molecule has 0 aliphatic heterocycles. The first kappa shape index (κ1) is 25.1. The highest BCUT2D eigenvalue weighted by atomic mass is 32.2. The lowest BCUT2D eigenvalue weighted by Gasteiger charge is -2.26. The highest BCUT2D eigenvalue weighted by molar-refractivity contribution is 7.86. The minimum absolute atomic E-state index is 0.596. The van der Waals surface area contributed by atoms with Gasteiger partial charge in [0.25, 0.3) is 6.43 Å². The van der Waals surface area contributed by atoms with Crippen LogP contribution in [0.4, 0.5) is 43.9 Å². The predicted octanol–water partition coefficient (Wildman–Crippen LogP) is 3.41. The highest BCUT2D eigenvalue weighted by Gasteiger charge is 2.64. The minimum Gasteiger partial charge on any atom is -0.363 e. The summed E-state index contributed by atoms with van der Waals surface area (Å²) in [6.07, 6.45) is -24.2. The molecule has 0 aromatic rings. The van der Waals surface area contributed by atoms with Crippen molar-refractivity contribution in [3.05, 3.63) is 0 Å². The quantitative estimate of drug-likeness (QED) is 0.324. The maximum Gasteiger partial charge on any atom is 0.421 e. The van der Waals surface area contributed by atoms with Crippen LogP contribution in [0.25, 0.3) is 0 Å². The summed E-state index contributed by atoms with van der Waals surface area (Å²) >= 11 is 0. The van der Waals surface area contributed by atoms with Gasteiger partial charge >= 0.3 is 27.7 Å². The van der Waals surface area contributed by atoms with E-state index in [4.69, 9.17) is 4.55 Å². The number of unbranched alkanes of at least 4 members (excludes halogenated alkanes) is 1. The lowest BCUT2D eigenvalue weighted by Crippen LogP contribution is -2.51. The molecule has 0 radical (unpaired) electrons. The first-order valence-electron chi connectivity index (χ1n) is 6.42. The number of hydrogen-bond donors (Lipinski definition) is 1. The molecule has 0 rings (SSSR count). The summed E-state index contributed by atoms with van der Waals surface area (Å²) in [5.74, 6) is 0. The van der Waals surface area contributed by atoms with Gasteiger partial charge in [0.2, 0.25) is 12.2 Å². The van der Waals surface area contributed by atoms with Crippen LogP contribution in [0.5, 0.6) is 0 Å². The molecule has 0 aromatic heterocycles. The van der Waals surface area contributed by atoms with Crippen LogP contribution in [0.15, 0.2) is 0 Å². The molecule has 0 saturated carbocycles. The average Bonchev–Trinajstić information content (AvgIpc) is 2.36. The van der Waals surface area contributed by atoms with Gasteiger partial charge in [-0.15, -0.1) is 0 Å². The number of ether oxygens (including phenoxy) is 2. The Bertz CT molecular complexity index is 529. The van der Waals surface area contributed by atoms with Crippen molar-refractivity contribution in [2.75, 3.05) is 13.2 Å². The van der Waals surface area contributed by atoms with E-state index in [-0.39, 0.29) is 0 Å². The molecule has 5 nitrogen and oxygen atoms in total. The second-order valence-corrected chi connectivity index (χ2v) is 6.20. The SMILES string of the molecule is O=S(=O)(O)C(F)(F)C(OCCCCOC(C(F)F)C(F)(F)F)C(F)(F)F. The lowest BCUT2D eigenvalue weighted by atomic mass is 10.3. The van der Waals surface area contributed by atoms with E-state index >= 15 is 0 Å². The van der Waals surface area contributed by atoms with Crippen molar-refractivity contribution in [2.24, 2.45) is 0 Å². The Morgan fingerprint density at radius 3 is 1.54 bits per heavy atom. The van der Waals surface area contributed by atoms with Crippen LogP contribution in [0.2, 0.25) is 0 Å². The van der Waals surface area contributed by atoms with Crippen LogP contribution in [0.3, 0.4) is 0 Å². The van der Waals surface area contributed by atoms with E-state index < -0.39 is 72.4 Å². The molecule has 1 N–H and O–H groups in total. The third-order valence-corrected chi connectivity index (χ3v) is 3.52. The zero-order valence-electron chi connectivity index (χ0n) is 12.3. The average molecular weight is 434 g/mol. The molecule has 2 unspecified atom stereocenters. The van der Waals surface area contributed by atoms with Crippen molar-refractivity contribution < 1.29 is 66.3 Å². The van der Waals surface area contributed by atoms with Crippen molar-refractivity contribution in [2.45, 2.75) is 49.1 Å². The molecule has 16 heteroatoms. The summed E-state index contributed by atoms with van der Waals surface area (Å²) in [5.41, 5.74) is 0. The molecule has 0 heterocycles. The van der Waals surface area contributed by atoms with E-state index in [1.807, 2.05) is 0 Å². The fraction of sp³-hybridized carbons (Fsp3) is 1.00. The molecule has 0 aliphatic carbocycles. The van der Waals surface area contributed by atoms with Crippen molar-refractivity contribution in [1.29, 1.82) is 0 Å². The van der Waals surface area contributed by atoms with Gasteiger partial charge in [-0.25, -0.2) is 8.78 Å². The molecular formula is C10H12F10O5S. The Balaban J connectivity index is 4.60. The second-order valence-electron chi connectivity index (χ2n) is 4.70. The summed E-state index contributed by atoms with van der Waals surface area (Å²) in [6, 6.07) is 0. The van der Waals surface area contributed by atoms with Crippen LogP contribution >= 0.6 is 0 Å². The molecule has 2 atom stereocenters. The van der Waals surface area contributed by atoms with Crippen molar-refractivity contribution in [3.63, 3.8) is 0 Å². The van der Waals surface area contributed by atoms with Gasteiger partial charge in [-0.3, -0.25) is 4.55 Å². The summed E-state index contributed by atoms with van der Waals surface area (Å²) in [6.45, 7) is -2.24. The van der Waals surface area contributed by atoms with Crippen LogP contribution < -0.4 is 0 Å². The van der Waals surface area contributed by atoms with Crippen LogP contribution in [-0.2, 0) is 19.6 Å². The number of rotatable bonds is 10. The summed E-state index contributed by atoms with van der Waals surface area (Å²) in [4.78, 5) is 0. The van der Waals surface area contributed by atoms with Gasteiger partial charge in [0.05, 0.1) is 0 Å². The maximum atomic E-state index is 13.1. The first-order valence-corrected chi connectivity index (χ1v) is 7.86. The molecule has 0 fully saturated rings. The molecule has 0 saturated heterocycles. The Labute approximate surface area is 140 Å². The third kappa shape index (κ3) is 7.40. The van der Waals surface area contributed by atoms with E-state index in [2.05, 4.69) is 9.47 Å². The highest BCUT2D eigenvalue weighted by Crippen LogP contribution is 2.38. The number of hydrogen-bond acceptors (Lipinski definition) is 4. The third-order valence-electron chi connectivity index (χ3n) is 2.62. The van der Waals surface area contributed by atoms with Crippen molar-refractivity contribution in [1.82, 2.24) is 0 Å². The van der Waals surface area contributed by atoms with Gasteiger partial charge in [-0.05, 0) is 12.8 Å². The van der Waals surface area contributed by atoms with Gasteiger partial charge in [0.1, 0.15) is 0 Å². The summed E-state index contributed by atoms with van der Waals surface area (Å²) in [7, 11) is -6.48. The van der Waals surface area contributed by atoms with Crippen molar-refractivity contribution in [3.8, 4) is 0 Å². The Morgan fingerprint density at radius 1 is 0.808 bits per heavy atom. The molecule has 0 aliphatic rings.